The minimum absolute atomic E-state index is 0.129. The Kier molecular flexibility index (Phi) is 2.68. The molecule has 0 unspecified atom stereocenters. The maximum absolute atomic E-state index is 11.5. The summed E-state index contributed by atoms with van der Waals surface area (Å²) in [5.74, 6) is 0.129. The van der Waals surface area contributed by atoms with E-state index >= 15 is 0 Å². The number of carbonyl (C=O) groups excluding carboxylic acids is 1. The smallest absolute Gasteiger partial charge is 0.174 e. The molecule has 1 fully saturated rings. The van der Waals surface area contributed by atoms with Crippen LogP contribution in [-0.2, 0) is 4.79 Å². The molecule has 0 saturated carbocycles. The van der Waals surface area contributed by atoms with Gasteiger partial charge in [0.1, 0.15) is 0 Å². The molecule has 1 aliphatic rings. The third-order valence-electron chi connectivity index (χ3n) is 2.69. The van der Waals surface area contributed by atoms with Crippen molar-refractivity contribution >= 4 is 5.78 Å². The van der Waals surface area contributed by atoms with E-state index in [1.807, 2.05) is 13.8 Å². The second-order valence-corrected chi connectivity index (χ2v) is 3.82. The summed E-state index contributed by atoms with van der Waals surface area (Å²) in [7, 11) is 0. The van der Waals surface area contributed by atoms with E-state index in [0.717, 1.165) is 13.1 Å². The zero-order chi connectivity index (χ0) is 9.19. The molecular formula is C10H17NO. The Morgan fingerprint density at radius 1 is 1.42 bits per heavy atom. The Hall–Kier alpha value is -0.630. The highest BCUT2D eigenvalue weighted by molar-refractivity contribution is 5.96. The number of ketones is 1. The molecule has 2 heteroatoms. The van der Waals surface area contributed by atoms with Crippen LogP contribution in [-0.4, -0.2) is 29.3 Å². The quantitative estimate of drug-likeness (QED) is 0.595. The molecule has 2 nitrogen and oxygen atoms in total. The lowest BCUT2D eigenvalue weighted by Crippen LogP contribution is -2.47. The third kappa shape index (κ3) is 1.58. The van der Waals surface area contributed by atoms with Crippen molar-refractivity contribution in [3.63, 3.8) is 0 Å². The molecule has 1 aliphatic heterocycles. The topological polar surface area (TPSA) is 20.3 Å². The molecule has 68 valence electrons. The lowest BCUT2D eigenvalue weighted by molar-refractivity contribution is -0.123. The van der Waals surface area contributed by atoms with Crippen LogP contribution in [0.15, 0.2) is 12.7 Å². The van der Waals surface area contributed by atoms with Gasteiger partial charge in [0.05, 0.1) is 5.54 Å². The normalized spacial score (nSPS) is 19.5. The molecule has 1 rings (SSSR count). The van der Waals surface area contributed by atoms with Gasteiger partial charge in [-0.25, -0.2) is 0 Å². The molecule has 0 bridgehead atoms. The first kappa shape index (κ1) is 9.46. The fraction of sp³-hybridized carbons (Fsp3) is 0.700. The van der Waals surface area contributed by atoms with Gasteiger partial charge >= 0.3 is 0 Å². The average Bonchev–Trinajstić information content (AvgIpc) is 2.55. The molecule has 0 N–H and O–H groups in total. The van der Waals surface area contributed by atoms with Crippen LogP contribution in [0.1, 0.15) is 26.7 Å². The second kappa shape index (κ2) is 3.40. The van der Waals surface area contributed by atoms with Crippen LogP contribution in [0.4, 0.5) is 0 Å². The van der Waals surface area contributed by atoms with E-state index < -0.39 is 0 Å². The number of carbonyl (C=O) groups is 1. The molecule has 0 amide bonds. The van der Waals surface area contributed by atoms with Crippen molar-refractivity contribution < 1.29 is 4.79 Å². The molecular weight excluding hydrogens is 150 g/mol. The van der Waals surface area contributed by atoms with Crippen LogP contribution in [0.25, 0.3) is 0 Å². The van der Waals surface area contributed by atoms with Crippen LogP contribution < -0.4 is 0 Å². The summed E-state index contributed by atoms with van der Waals surface area (Å²) in [5, 5.41) is 0. The Balaban J connectivity index is 2.68. The second-order valence-electron chi connectivity index (χ2n) is 3.82. The summed E-state index contributed by atoms with van der Waals surface area (Å²) < 4.78 is 0. The molecule has 1 saturated heterocycles. The highest BCUT2D eigenvalue weighted by Crippen LogP contribution is 2.21. The predicted octanol–water partition coefficient (Wildman–Crippen LogP) is 1.62. The van der Waals surface area contributed by atoms with Crippen molar-refractivity contribution in [2.24, 2.45) is 0 Å². The van der Waals surface area contributed by atoms with E-state index in [4.69, 9.17) is 0 Å². The van der Waals surface area contributed by atoms with E-state index in [9.17, 15) is 4.79 Å². The van der Waals surface area contributed by atoms with Crippen molar-refractivity contribution in [3.05, 3.63) is 12.7 Å². The molecule has 0 aromatic carbocycles. The van der Waals surface area contributed by atoms with Gasteiger partial charge in [-0.05, 0) is 45.9 Å². The van der Waals surface area contributed by atoms with Crippen LogP contribution in [0.2, 0.25) is 0 Å². The summed E-state index contributed by atoms with van der Waals surface area (Å²) in [6.45, 7) is 9.57. The van der Waals surface area contributed by atoms with Gasteiger partial charge in [0.25, 0.3) is 0 Å². The van der Waals surface area contributed by atoms with E-state index in [2.05, 4.69) is 11.5 Å². The molecule has 0 atom stereocenters. The summed E-state index contributed by atoms with van der Waals surface area (Å²) in [6.07, 6.45) is 3.86. The first-order valence-corrected chi connectivity index (χ1v) is 4.51. The Bertz CT molecular complexity index is 190. The van der Waals surface area contributed by atoms with Gasteiger partial charge in [0.15, 0.2) is 5.78 Å². The van der Waals surface area contributed by atoms with Gasteiger partial charge in [0, 0.05) is 0 Å². The Morgan fingerprint density at radius 3 is 2.33 bits per heavy atom. The largest absolute Gasteiger partial charge is 0.293 e. The maximum atomic E-state index is 11.5. The number of nitrogens with zero attached hydrogens (tertiary/aromatic N) is 1. The number of rotatable bonds is 3. The van der Waals surface area contributed by atoms with Crippen molar-refractivity contribution in [1.82, 2.24) is 4.90 Å². The van der Waals surface area contributed by atoms with Crippen LogP contribution in [0.5, 0.6) is 0 Å². The summed E-state index contributed by atoms with van der Waals surface area (Å²) >= 11 is 0. The first-order chi connectivity index (χ1) is 5.59. The molecule has 1 heterocycles. The Labute approximate surface area is 74.2 Å². The fourth-order valence-electron chi connectivity index (χ4n) is 1.68. The van der Waals surface area contributed by atoms with Gasteiger partial charge in [-0.15, -0.1) is 0 Å². The highest BCUT2D eigenvalue weighted by Gasteiger charge is 2.33. The lowest BCUT2D eigenvalue weighted by atomic mass is 9.97. The highest BCUT2D eigenvalue weighted by atomic mass is 16.1. The van der Waals surface area contributed by atoms with E-state index in [1.165, 1.54) is 18.9 Å². The standard InChI is InChI=1S/C10H17NO/c1-4-9(12)10(2,3)11-7-5-6-8-11/h4H,1,5-8H2,2-3H3. The zero-order valence-electron chi connectivity index (χ0n) is 7.97. The lowest BCUT2D eigenvalue weighted by Gasteiger charge is -2.32. The molecule has 0 aromatic rings. The van der Waals surface area contributed by atoms with Gasteiger partial charge in [-0.2, -0.15) is 0 Å². The summed E-state index contributed by atoms with van der Waals surface area (Å²) in [4.78, 5) is 13.7. The maximum Gasteiger partial charge on any atom is 0.174 e. The zero-order valence-corrected chi connectivity index (χ0v) is 7.97. The summed E-state index contributed by atoms with van der Waals surface area (Å²) in [5.41, 5.74) is -0.335. The first-order valence-electron chi connectivity index (χ1n) is 4.51. The number of hydrogen-bond donors (Lipinski definition) is 0. The molecule has 0 spiro atoms. The monoisotopic (exact) mass is 167 g/mol. The van der Waals surface area contributed by atoms with Crippen molar-refractivity contribution in [2.45, 2.75) is 32.2 Å². The van der Waals surface area contributed by atoms with E-state index in [-0.39, 0.29) is 11.3 Å². The third-order valence-corrected chi connectivity index (χ3v) is 2.69. The average molecular weight is 167 g/mol. The van der Waals surface area contributed by atoms with Gasteiger partial charge in [0.2, 0.25) is 0 Å². The Morgan fingerprint density at radius 2 is 1.92 bits per heavy atom. The summed E-state index contributed by atoms with van der Waals surface area (Å²) in [6, 6.07) is 0. The molecule has 12 heavy (non-hydrogen) atoms. The van der Waals surface area contributed by atoms with E-state index in [0.29, 0.717) is 0 Å². The van der Waals surface area contributed by atoms with Gasteiger partial charge in [-0.1, -0.05) is 6.58 Å². The van der Waals surface area contributed by atoms with Crippen LogP contribution in [0.3, 0.4) is 0 Å². The van der Waals surface area contributed by atoms with Crippen molar-refractivity contribution in [2.75, 3.05) is 13.1 Å². The molecule has 0 radical (unpaired) electrons. The minimum Gasteiger partial charge on any atom is -0.293 e. The van der Waals surface area contributed by atoms with Gasteiger partial charge < -0.3 is 0 Å². The minimum atomic E-state index is -0.335. The van der Waals surface area contributed by atoms with E-state index in [1.54, 1.807) is 0 Å². The van der Waals surface area contributed by atoms with Crippen molar-refractivity contribution in [3.8, 4) is 0 Å². The number of hydrogen-bond acceptors (Lipinski definition) is 2. The van der Waals surface area contributed by atoms with Gasteiger partial charge in [-0.3, -0.25) is 9.69 Å². The van der Waals surface area contributed by atoms with Crippen LogP contribution >= 0.6 is 0 Å². The van der Waals surface area contributed by atoms with Crippen molar-refractivity contribution in [1.29, 1.82) is 0 Å². The molecule has 0 aliphatic carbocycles. The number of likely N-dealkylation sites (tertiary alicyclic amines) is 1. The van der Waals surface area contributed by atoms with Crippen LogP contribution in [0, 0.1) is 0 Å². The fourth-order valence-corrected chi connectivity index (χ4v) is 1.68. The predicted molar refractivity (Wildman–Crippen MR) is 50.1 cm³/mol. The SMILES string of the molecule is C=CC(=O)C(C)(C)N1CCCC1. The molecule has 0 aromatic heterocycles.